The van der Waals surface area contributed by atoms with Crippen LogP contribution in [-0.4, -0.2) is 15.4 Å². The lowest BCUT2D eigenvalue weighted by atomic mass is 10.1. The molecule has 1 N–H and O–H groups in total. The summed E-state index contributed by atoms with van der Waals surface area (Å²) in [5.74, 6) is -4.88. The molecule has 1 aliphatic rings. The van der Waals surface area contributed by atoms with Crippen LogP contribution in [0.1, 0.15) is 11.5 Å². The highest BCUT2D eigenvalue weighted by atomic mass is 35.5. The van der Waals surface area contributed by atoms with E-state index < -0.39 is 33.8 Å². The monoisotopic (exact) mass is 266 g/mol. The van der Waals surface area contributed by atoms with Gasteiger partial charge in [0.1, 0.15) is 4.33 Å². The zero-order chi connectivity index (χ0) is 12.1. The molecule has 0 bridgehead atoms. The lowest BCUT2D eigenvalue weighted by Crippen LogP contribution is -2.03. The lowest BCUT2D eigenvalue weighted by Gasteiger charge is -2.00. The van der Waals surface area contributed by atoms with Gasteiger partial charge in [0, 0.05) is 5.92 Å². The third kappa shape index (κ3) is 1.66. The summed E-state index contributed by atoms with van der Waals surface area (Å²) in [4.78, 5) is 10.8. The topological polar surface area (TPSA) is 37.3 Å². The average Bonchev–Trinajstić information content (AvgIpc) is 2.74. The summed E-state index contributed by atoms with van der Waals surface area (Å²) in [7, 11) is 0. The van der Waals surface area contributed by atoms with E-state index in [9.17, 15) is 13.6 Å². The third-order valence-corrected chi connectivity index (χ3v) is 3.56. The molecule has 6 heteroatoms. The number of alkyl halides is 2. The van der Waals surface area contributed by atoms with Gasteiger partial charge in [0.15, 0.2) is 11.6 Å². The Morgan fingerprint density at radius 2 is 1.94 bits per heavy atom. The van der Waals surface area contributed by atoms with Crippen molar-refractivity contribution in [3.8, 4) is 0 Å². The predicted molar refractivity (Wildman–Crippen MR) is 54.7 cm³/mol. The summed E-state index contributed by atoms with van der Waals surface area (Å²) in [6.07, 6.45) is 0. The van der Waals surface area contributed by atoms with E-state index in [1.54, 1.807) is 0 Å². The molecule has 16 heavy (non-hydrogen) atoms. The van der Waals surface area contributed by atoms with Crippen LogP contribution >= 0.6 is 23.2 Å². The fourth-order valence-corrected chi connectivity index (χ4v) is 2.57. The van der Waals surface area contributed by atoms with E-state index in [1.165, 1.54) is 6.07 Å². The Bertz CT molecular complexity index is 462. The summed E-state index contributed by atoms with van der Waals surface area (Å²) in [5.41, 5.74) is 0.288. The van der Waals surface area contributed by atoms with Crippen LogP contribution in [0, 0.1) is 17.6 Å². The number of hydrogen-bond acceptors (Lipinski definition) is 1. The number of benzene rings is 1. The smallest absolute Gasteiger partial charge is 0.310 e. The molecule has 1 aliphatic carbocycles. The van der Waals surface area contributed by atoms with Gasteiger partial charge in [-0.25, -0.2) is 8.78 Å². The summed E-state index contributed by atoms with van der Waals surface area (Å²) in [5, 5.41) is 8.81. The van der Waals surface area contributed by atoms with E-state index in [4.69, 9.17) is 28.3 Å². The van der Waals surface area contributed by atoms with Gasteiger partial charge in [-0.1, -0.05) is 29.3 Å². The maximum Gasteiger partial charge on any atom is 0.310 e. The Hall–Kier alpha value is -0.870. The number of halogens is 4. The molecular formula is C10H6Cl2F2O2. The largest absolute Gasteiger partial charge is 0.481 e. The number of carboxylic acid groups (broad SMARTS) is 1. The van der Waals surface area contributed by atoms with Crippen molar-refractivity contribution in [2.24, 2.45) is 5.92 Å². The summed E-state index contributed by atoms with van der Waals surface area (Å²) < 4.78 is 24.2. The van der Waals surface area contributed by atoms with Crippen LogP contribution in [0.4, 0.5) is 8.78 Å². The number of hydrogen-bond donors (Lipinski definition) is 1. The van der Waals surface area contributed by atoms with Crippen molar-refractivity contribution in [2.75, 3.05) is 0 Å². The molecule has 86 valence electrons. The molecule has 0 radical (unpaired) electrons. The van der Waals surface area contributed by atoms with E-state index >= 15 is 0 Å². The van der Waals surface area contributed by atoms with Crippen molar-refractivity contribution in [1.82, 2.24) is 0 Å². The fraction of sp³-hybridized carbons (Fsp3) is 0.300. The van der Waals surface area contributed by atoms with Crippen molar-refractivity contribution < 1.29 is 18.7 Å². The molecule has 0 aliphatic heterocycles. The second kappa shape index (κ2) is 3.57. The van der Waals surface area contributed by atoms with E-state index in [2.05, 4.69) is 0 Å². The Balaban J connectivity index is 2.33. The molecule has 0 spiro atoms. The maximum atomic E-state index is 12.9. The van der Waals surface area contributed by atoms with Crippen LogP contribution in [0.15, 0.2) is 18.2 Å². The van der Waals surface area contributed by atoms with Crippen LogP contribution in [0.5, 0.6) is 0 Å². The molecule has 0 amide bonds. The van der Waals surface area contributed by atoms with Crippen LogP contribution in [0.2, 0.25) is 0 Å². The number of rotatable bonds is 2. The third-order valence-electron chi connectivity index (χ3n) is 2.62. The van der Waals surface area contributed by atoms with Gasteiger partial charge in [-0.15, -0.1) is 0 Å². The van der Waals surface area contributed by atoms with Gasteiger partial charge in [0.25, 0.3) is 0 Å². The number of carboxylic acids is 1. The van der Waals surface area contributed by atoms with Gasteiger partial charge in [0.05, 0.1) is 5.92 Å². The molecule has 0 saturated heterocycles. The minimum absolute atomic E-state index is 0.288. The van der Waals surface area contributed by atoms with E-state index in [0.717, 1.165) is 12.1 Å². The van der Waals surface area contributed by atoms with Crippen LogP contribution in [0.25, 0.3) is 0 Å². The molecule has 0 heterocycles. The Kier molecular flexibility index (Phi) is 2.59. The maximum absolute atomic E-state index is 12.9. The number of carbonyl (C=O) groups is 1. The fourth-order valence-electron chi connectivity index (χ4n) is 1.75. The van der Waals surface area contributed by atoms with E-state index in [1.807, 2.05) is 0 Å². The first kappa shape index (κ1) is 11.6. The molecule has 1 aromatic carbocycles. The van der Waals surface area contributed by atoms with Gasteiger partial charge in [-0.3, -0.25) is 4.79 Å². The van der Waals surface area contributed by atoms with Gasteiger partial charge in [-0.2, -0.15) is 0 Å². The van der Waals surface area contributed by atoms with Gasteiger partial charge in [-0.05, 0) is 17.7 Å². The summed E-state index contributed by atoms with van der Waals surface area (Å²) in [6.45, 7) is 0. The molecule has 0 aromatic heterocycles. The predicted octanol–water partition coefficient (Wildman–Crippen LogP) is 2.94. The van der Waals surface area contributed by atoms with Crippen molar-refractivity contribution in [3.05, 3.63) is 35.4 Å². The molecule has 2 unspecified atom stereocenters. The highest BCUT2D eigenvalue weighted by molar-refractivity contribution is 6.53. The Morgan fingerprint density at radius 3 is 2.38 bits per heavy atom. The average molecular weight is 267 g/mol. The van der Waals surface area contributed by atoms with Crippen molar-refractivity contribution in [1.29, 1.82) is 0 Å². The van der Waals surface area contributed by atoms with Gasteiger partial charge >= 0.3 is 5.97 Å². The Labute approximate surface area is 99.8 Å². The lowest BCUT2D eigenvalue weighted by molar-refractivity contribution is -0.138. The first-order valence-corrected chi connectivity index (χ1v) is 5.17. The highest BCUT2D eigenvalue weighted by Crippen LogP contribution is 2.64. The number of aliphatic carboxylic acids is 1. The minimum atomic E-state index is -1.45. The quantitative estimate of drug-likeness (QED) is 0.836. The second-order valence-corrected chi connectivity index (χ2v) is 5.09. The zero-order valence-electron chi connectivity index (χ0n) is 7.75. The normalized spacial score (nSPS) is 26.5. The molecule has 2 nitrogen and oxygen atoms in total. The molecule has 2 atom stereocenters. The molecule has 2 rings (SSSR count). The first-order chi connectivity index (χ1) is 7.35. The van der Waals surface area contributed by atoms with E-state index in [0.29, 0.717) is 0 Å². The first-order valence-electron chi connectivity index (χ1n) is 4.41. The summed E-state index contributed by atoms with van der Waals surface area (Å²) in [6, 6.07) is 3.12. The molecule has 1 saturated carbocycles. The van der Waals surface area contributed by atoms with Crippen molar-refractivity contribution in [2.45, 2.75) is 10.3 Å². The SMILES string of the molecule is O=C(O)C1C(c2ccc(F)c(F)c2)C1(Cl)Cl. The summed E-state index contributed by atoms with van der Waals surface area (Å²) >= 11 is 11.5. The van der Waals surface area contributed by atoms with E-state index in [-0.39, 0.29) is 5.56 Å². The van der Waals surface area contributed by atoms with Gasteiger partial charge < -0.3 is 5.11 Å². The molecular weight excluding hydrogens is 261 g/mol. The van der Waals surface area contributed by atoms with Crippen LogP contribution < -0.4 is 0 Å². The standard InChI is InChI=1S/C10H6Cl2F2O2/c11-10(12)7(8(10)9(15)16)4-1-2-5(13)6(14)3-4/h1-3,7-8H,(H,15,16). The molecule has 1 fully saturated rings. The van der Waals surface area contributed by atoms with Gasteiger partial charge in [0.2, 0.25) is 0 Å². The highest BCUT2D eigenvalue weighted by Gasteiger charge is 2.68. The van der Waals surface area contributed by atoms with Crippen molar-refractivity contribution in [3.63, 3.8) is 0 Å². The minimum Gasteiger partial charge on any atom is -0.481 e. The van der Waals surface area contributed by atoms with Crippen molar-refractivity contribution >= 4 is 29.2 Å². The zero-order valence-corrected chi connectivity index (χ0v) is 9.27. The molecule has 1 aromatic rings. The van der Waals surface area contributed by atoms with Crippen LogP contribution in [-0.2, 0) is 4.79 Å². The second-order valence-electron chi connectivity index (χ2n) is 3.64. The van der Waals surface area contributed by atoms with Crippen LogP contribution in [0.3, 0.4) is 0 Å². The Morgan fingerprint density at radius 1 is 1.31 bits per heavy atom.